The fourth-order valence-electron chi connectivity index (χ4n) is 1.58. The van der Waals surface area contributed by atoms with Crippen molar-refractivity contribution in [2.24, 2.45) is 0 Å². The van der Waals surface area contributed by atoms with Crippen LogP contribution in [-0.2, 0) is 9.59 Å². The van der Waals surface area contributed by atoms with E-state index in [1.54, 1.807) is 0 Å². The Morgan fingerprint density at radius 1 is 0.938 bits per heavy atom. The van der Waals surface area contributed by atoms with Crippen LogP contribution in [0, 0.1) is 6.92 Å². The van der Waals surface area contributed by atoms with Gasteiger partial charge in [0.25, 0.3) is 5.91 Å². The normalized spacial score (nSPS) is 10.1. The molecular weight excluding hydrogens is 202 g/mol. The lowest BCUT2D eigenvalue weighted by molar-refractivity contribution is -0.131. The van der Waals surface area contributed by atoms with Crippen molar-refractivity contribution in [2.75, 3.05) is 6.54 Å². The van der Waals surface area contributed by atoms with Crippen LogP contribution in [0.4, 0.5) is 0 Å². The Morgan fingerprint density at radius 3 is 1.94 bits per heavy atom. The third-order valence-corrected chi connectivity index (χ3v) is 2.54. The molecule has 1 amide bonds. The molecule has 0 unspecified atom stereocenters. The molecule has 0 aliphatic carbocycles. The first kappa shape index (κ1) is 15.1. The molecule has 0 aromatic carbocycles. The van der Waals surface area contributed by atoms with Crippen LogP contribution in [0.15, 0.2) is 0 Å². The Bertz CT molecular complexity index is 181. The van der Waals surface area contributed by atoms with Gasteiger partial charge in [0.2, 0.25) is 6.29 Å². The smallest absolute Gasteiger partial charge is 0.284 e. The number of carbonyl (C=O) groups is 2. The summed E-state index contributed by atoms with van der Waals surface area (Å²) >= 11 is 0. The van der Waals surface area contributed by atoms with Gasteiger partial charge in [-0.3, -0.25) is 9.59 Å². The molecule has 92 valence electrons. The molecule has 0 rings (SSSR count). The van der Waals surface area contributed by atoms with Gasteiger partial charge < -0.3 is 5.32 Å². The van der Waals surface area contributed by atoms with Crippen molar-refractivity contribution in [3.63, 3.8) is 0 Å². The van der Waals surface area contributed by atoms with Crippen molar-refractivity contribution in [2.45, 2.75) is 57.8 Å². The molecule has 2 radical (unpaired) electrons. The van der Waals surface area contributed by atoms with E-state index in [0.29, 0.717) is 12.8 Å². The summed E-state index contributed by atoms with van der Waals surface area (Å²) < 4.78 is 0. The van der Waals surface area contributed by atoms with Gasteiger partial charge in [0.05, 0.1) is 0 Å². The fraction of sp³-hybridized carbons (Fsp3) is 0.769. The Labute approximate surface area is 99.0 Å². The third kappa shape index (κ3) is 11.2. The number of hydrogen-bond acceptors (Lipinski definition) is 2. The van der Waals surface area contributed by atoms with Crippen molar-refractivity contribution >= 4 is 12.2 Å². The fourth-order valence-corrected chi connectivity index (χ4v) is 1.58. The van der Waals surface area contributed by atoms with E-state index >= 15 is 0 Å². The standard InChI is InChI=1S/C13H23NO2/c1-2-3-4-5-6-7-8-9-10-11-14-13(16)12-15/h1,12H,2-11H2,(H,14,16). The highest BCUT2D eigenvalue weighted by atomic mass is 16.2. The molecule has 0 saturated carbocycles. The van der Waals surface area contributed by atoms with Gasteiger partial charge in [0.15, 0.2) is 0 Å². The maximum absolute atomic E-state index is 10.6. The van der Waals surface area contributed by atoms with Crippen LogP contribution in [0.3, 0.4) is 0 Å². The Hall–Kier alpha value is -0.860. The zero-order valence-corrected chi connectivity index (χ0v) is 10.0. The third-order valence-electron chi connectivity index (χ3n) is 2.54. The molecule has 0 atom stereocenters. The van der Waals surface area contributed by atoms with Gasteiger partial charge in [-0.2, -0.15) is 0 Å². The Kier molecular flexibility index (Phi) is 11.6. The van der Waals surface area contributed by atoms with E-state index in [9.17, 15) is 9.59 Å². The second kappa shape index (κ2) is 12.2. The van der Waals surface area contributed by atoms with Gasteiger partial charge in [0.1, 0.15) is 0 Å². The number of unbranched alkanes of at least 4 members (excludes halogenated alkanes) is 8. The summed E-state index contributed by atoms with van der Waals surface area (Å²) in [4.78, 5) is 20.5. The van der Waals surface area contributed by atoms with Crippen LogP contribution < -0.4 is 5.32 Å². The van der Waals surface area contributed by atoms with E-state index in [-0.39, 0.29) is 0 Å². The lowest BCUT2D eigenvalue weighted by Crippen LogP contribution is -2.24. The minimum atomic E-state index is -0.512. The SMILES string of the molecule is [CH]CCCCCCCCCCNC(=O)C=O. The van der Waals surface area contributed by atoms with E-state index < -0.39 is 5.91 Å². The minimum Gasteiger partial charge on any atom is -0.350 e. The van der Waals surface area contributed by atoms with E-state index in [0.717, 1.165) is 25.7 Å². The van der Waals surface area contributed by atoms with Crippen LogP contribution in [0.1, 0.15) is 57.8 Å². The molecule has 0 aliphatic heterocycles. The van der Waals surface area contributed by atoms with Crippen LogP contribution in [0.2, 0.25) is 0 Å². The molecule has 3 heteroatoms. The van der Waals surface area contributed by atoms with E-state index in [1.807, 2.05) is 0 Å². The summed E-state index contributed by atoms with van der Waals surface area (Å²) in [5, 5.41) is 2.53. The number of rotatable bonds is 11. The molecule has 0 spiro atoms. The summed E-state index contributed by atoms with van der Waals surface area (Å²) in [5.41, 5.74) is 0. The zero-order valence-electron chi connectivity index (χ0n) is 10.0. The lowest BCUT2D eigenvalue weighted by Gasteiger charge is -2.02. The molecule has 0 aromatic rings. The molecule has 0 heterocycles. The quantitative estimate of drug-likeness (QED) is 0.333. The number of carbonyl (C=O) groups excluding carboxylic acids is 2. The van der Waals surface area contributed by atoms with Crippen molar-refractivity contribution < 1.29 is 9.59 Å². The highest BCUT2D eigenvalue weighted by Crippen LogP contribution is 2.08. The molecule has 3 nitrogen and oxygen atoms in total. The van der Waals surface area contributed by atoms with Crippen molar-refractivity contribution in [1.82, 2.24) is 5.32 Å². The second-order valence-corrected chi connectivity index (χ2v) is 4.03. The molecule has 0 aromatic heterocycles. The average Bonchev–Trinajstić information content (AvgIpc) is 2.31. The predicted octanol–water partition coefficient (Wildman–Crippen LogP) is 2.52. The number of hydrogen-bond donors (Lipinski definition) is 1. The number of aldehydes is 1. The average molecular weight is 225 g/mol. The molecule has 16 heavy (non-hydrogen) atoms. The highest BCUT2D eigenvalue weighted by Gasteiger charge is 1.95. The van der Waals surface area contributed by atoms with Crippen LogP contribution >= 0.6 is 0 Å². The minimum absolute atomic E-state index is 0.317. The maximum atomic E-state index is 10.6. The van der Waals surface area contributed by atoms with Crippen molar-refractivity contribution in [3.05, 3.63) is 6.92 Å². The van der Waals surface area contributed by atoms with Crippen LogP contribution in [0.5, 0.6) is 0 Å². The van der Waals surface area contributed by atoms with Gasteiger partial charge in [-0.05, 0) is 19.8 Å². The first-order valence-electron chi connectivity index (χ1n) is 6.24. The maximum Gasteiger partial charge on any atom is 0.284 e. The Morgan fingerprint density at radius 2 is 1.44 bits per heavy atom. The summed E-state index contributed by atoms with van der Waals surface area (Å²) in [7, 11) is 0. The van der Waals surface area contributed by atoms with Gasteiger partial charge in [0, 0.05) is 6.54 Å². The lowest BCUT2D eigenvalue weighted by atomic mass is 10.1. The summed E-state index contributed by atoms with van der Waals surface area (Å²) in [5.74, 6) is -0.512. The number of nitrogens with one attached hydrogen (secondary N) is 1. The summed E-state index contributed by atoms with van der Waals surface area (Å²) in [6.45, 7) is 6.02. The first-order chi connectivity index (χ1) is 7.81. The molecule has 0 fully saturated rings. The van der Waals surface area contributed by atoms with E-state index in [1.165, 1.54) is 32.1 Å². The van der Waals surface area contributed by atoms with Crippen LogP contribution in [0.25, 0.3) is 0 Å². The van der Waals surface area contributed by atoms with Gasteiger partial charge in [-0.15, -0.1) is 0 Å². The van der Waals surface area contributed by atoms with E-state index in [2.05, 4.69) is 5.32 Å². The highest BCUT2D eigenvalue weighted by molar-refractivity contribution is 6.23. The molecule has 0 saturated heterocycles. The number of amides is 1. The van der Waals surface area contributed by atoms with Gasteiger partial charge in [-0.25, -0.2) is 0 Å². The topological polar surface area (TPSA) is 46.2 Å². The molecule has 0 aliphatic rings. The predicted molar refractivity (Wildman–Crippen MR) is 64.9 cm³/mol. The van der Waals surface area contributed by atoms with Crippen molar-refractivity contribution in [1.29, 1.82) is 0 Å². The molecule has 1 N–H and O–H groups in total. The molecular formula is C13H23NO2. The Balaban J connectivity index is 2.98. The summed E-state index contributed by atoms with van der Waals surface area (Å²) in [6, 6.07) is 0. The van der Waals surface area contributed by atoms with E-state index in [4.69, 9.17) is 6.92 Å². The molecule has 0 bridgehead atoms. The first-order valence-corrected chi connectivity index (χ1v) is 6.24. The summed E-state index contributed by atoms with van der Waals surface area (Å²) in [6.07, 6.45) is 10.6. The second-order valence-electron chi connectivity index (χ2n) is 4.03. The largest absolute Gasteiger partial charge is 0.350 e. The van der Waals surface area contributed by atoms with Gasteiger partial charge in [-0.1, -0.05) is 44.9 Å². The van der Waals surface area contributed by atoms with Gasteiger partial charge >= 0.3 is 0 Å². The van der Waals surface area contributed by atoms with Crippen molar-refractivity contribution in [3.8, 4) is 0 Å². The monoisotopic (exact) mass is 225 g/mol. The zero-order chi connectivity index (χ0) is 12.1. The van der Waals surface area contributed by atoms with Crippen LogP contribution in [-0.4, -0.2) is 18.7 Å².